The van der Waals surface area contributed by atoms with Crippen molar-refractivity contribution in [3.8, 4) is 0 Å². The van der Waals surface area contributed by atoms with E-state index in [0.29, 0.717) is 6.04 Å². The van der Waals surface area contributed by atoms with E-state index >= 15 is 0 Å². The summed E-state index contributed by atoms with van der Waals surface area (Å²) in [6.07, 6.45) is 0. The van der Waals surface area contributed by atoms with Crippen LogP contribution >= 0.6 is 0 Å². The van der Waals surface area contributed by atoms with Crippen LogP contribution in [0.3, 0.4) is 0 Å². The third-order valence-electron chi connectivity index (χ3n) is 4.86. The van der Waals surface area contributed by atoms with Crippen LogP contribution in [0.5, 0.6) is 0 Å². The Balaban J connectivity index is 3.27. The molecule has 0 aliphatic heterocycles. The molecule has 0 saturated carbocycles. The first-order valence-corrected chi connectivity index (χ1v) is 5.77. The Morgan fingerprint density at radius 3 is 1.87 bits per heavy atom. The Bertz CT molecular complexity index is 312. The van der Waals surface area contributed by atoms with Gasteiger partial charge in [0.1, 0.15) is 0 Å². The molecule has 0 saturated heterocycles. The zero-order chi connectivity index (χ0) is 12.0. The molecule has 2 unspecified atom stereocenters. The molecule has 2 atom stereocenters. The van der Waals surface area contributed by atoms with Crippen molar-refractivity contribution in [2.24, 2.45) is 5.41 Å². The fourth-order valence-corrected chi connectivity index (χ4v) is 2.77. The topological polar surface area (TPSA) is 3.24 Å². The van der Waals surface area contributed by atoms with Crippen molar-refractivity contribution >= 4 is 17.7 Å². The average molecular weight is 199 g/mol. The summed E-state index contributed by atoms with van der Waals surface area (Å²) >= 11 is 2.29. The van der Waals surface area contributed by atoms with Crippen molar-refractivity contribution in [1.82, 2.24) is 4.90 Å². The molecule has 0 fully saturated rings. The predicted molar refractivity (Wildman–Crippen MR) is 68.1 cm³/mol. The first-order chi connectivity index (χ1) is 6.74. The minimum atomic E-state index is 0.220. The molecule has 0 N–H and O–H groups in total. The van der Waals surface area contributed by atoms with Crippen LogP contribution in [0.25, 0.3) is 0 Å². The van der Waals surface area contributed by atoms with E-state index in [1.54, 1.807) is 9.82 Å². The molecule has 1 aliphatic rings. The van der Waals surface area contributed by atoms with Crippen LogP contribution in [0.1, 0.15) is 34.6 Å². The van der Waals surface area contributed by atoms with E-state index in [1.165, 1.54) is 11.1 Å². The molecule has 0 amide bonds. The molecular weight excluding hydrogens is 177 g/mol. The molecule has 0 bridgehead atoms. The van der Waals surface area contributed by atoms with Crippen LogP contribution in [0, 0.1) is 5.41 Å². The Kier molecular flexibility index (Phi) is 3.61. The number of hydrogen-bond acceptors (Lipinski definition) is 1. The van der Waals surface area contributed by atoms with Gasteiger partial charge in [0.05, 0.1) is 0 Å². The summed E-state index contributed by atoms with van der Waals surface area (Å²) in [5.41, 5.74) is 4.74. The van der Waals surface area contributed by atoms with Crippen LogP contribution < -0.4 is 0 Å². The van der Waals surface area contributed by atoms with Gasteiger partial charge < -0.3 is 0 Å². The molecule has 0 aromatic carbocycles. The zero-order valence-corrected chi connectivity index (χ0v) is 11.5. The quantitative estimate of drug-likeness (QED) is 0.618. The van der Waals surface area contributed by atoms with Gasteiger partial charge in [0.2, 0.25) is 0 Å². The maximum atomic E-state index is 2.38. The monoisotopic (exact) mass is 199 g/mol. The first-order valence-electron chi connectivity index (χ1n) is 5.77. The summed E-state index contributed by atoms with van der Waals surface area (Å²) < 4.78 is 1.54. The molecule has 1 rings (SSSR count). The Morgan fingerprint density at radius 2 is 1.60 bits per heavy atom. The zero-order valence-electron chi connectivity index (χ0n) is 11.5. The molecule has 0 radical (unpaired) electrons. The van der Waals surface area contributed by atoms with E-state index in [2.05, 4.69) is 71.3 Å². The van der Waals surface area contributed by atoms with Gasteiger partial charge in [-0.3, -0.25) is 0 Å². The van der Waals surface area contributed by atoms with Gasteiger partial charge in [-0.1, -0.05) is 0 Å². The summed E-state index contributed by atoms with van der Waals surface area (Å²) in [6, 6.07) is 0.546. The molecule has 0 aromatic heterocycles. The van der Waals surface area contributed by atoms with E-state index in [0.717, 1.165) is 0 Å². The molecule has 80 valence electrons. The first kappa shape index (κ1) is 13.1. The van der Waals surface area contributed by atoms with Gasteiger partial charge in [-0.2, -0.15) is 0 Å². The van der Waals surface area contributed by atoms with Gasteiger partial charge in [0.25, 0.3) is 0 Å². The third-order valence-corrected chi connectivity index (χ3v) is 4.86. The molecule has 2 heteroatoms. The van der Waals surface area contributed by atoms with E-state index in [-0.39, 0.29) is 5.41 Å². The van der Waals surface area contributed by atoms with Gasteiger partial charge in [-0.05, 0) is 0 Å². The second-order valence-electron chi connectivity index (χ2n) is 5.34. The van der Waals surface area contributed by atoms with Gasteiger partial charge in [0.15, 0.2) is 0 Å². The van der Waals surface area contributed by atoms with Crippen LogP contribution in [-0.4, -0.2) is 42.8 Å². The number of rotatable bonds is 2. The van der Waals surface area contributed by atoms with Crippen LogP contribution in [-0.2, 0) is 0 Å². The summed E-state index contributed by atoms with van der Waals surface area (Å²) in [5, 5.41) is 0. The number of allylic oxidation sites excluding steroid dienone is 2. The predicted octanol–water partition coefficient (Wildman–Crippen LogP) is 2.74. The van der Waals surface area contributed by atoms with Crippen LogP contribution in [0.2, 0.25) is 0 Å². The summed E-state index contributed by atoms with van der Waals surface area (Å²) in [7, 11) is 4.33. The number of nitrogens with zero attached hydrogens (tertiary/aromatic N) is 1. The SMILES string of the molecule is [Li][C]1=C(C)C(C)=C(C)C1(C)C(C)N(C)C. The van der Waals surface area contributed by atoms with Crippen molar-refractivity contribution in [3.63, 3.8) is 0 Å². The van der Waals surface area contributed by atoms with Crippen LogP contribution in [0.4, 0.5) is 0 Å². The molecule has 1 aliphatic carbocycles. The molecule has 0 heterocycles. The van der Waals surface area contributed by atoms with E-state index in [1.807, 2.05) is 0 Å². The van der Waals surface area contributed by atoms with Crippen molar-refractivity contribution in [2.75, 3.05) is 14.1 Å². The summed E-state index contributed by atoms with van der Waals surface area (Å²) in [5.74, 6) is 0. The molecular formula is C13H22LiN. The number of hydrogen-bond donors (Lipinski definition) is 0. The third kappa shape index (κ3) is 1.76. The van der Waals surface area contributed by atoms with Gasteiger partial charge >= 0.3 is 104 Å². The molecule has 0 spiro atoms. The Morgan fingerprint density at radius 1 is 1.13 bits per heavy atom. The van der Waals surface area contributed by atoms with Crippen molar-refractivity contribution in [3.05, 3.63) is 21.0 Å². The van der Waals surface area contributed by atoms with Gasteiger partial charge in [-0.15, -0.1) is 0 Å². The van der Waals surface area contributed by atoms with Crippen molar-refractivity contribution < 1.29 is 0 Å². The fourth-order valence-electron chi connectivity index (χ4n) is 2.77. The maximum absolute atomic E-state index is 2.38. The van der Waals surface area contributed by atoms with Crippen molar-refractivity contribution in [1.29, 1.82) is 0 Å². The summed E-state index contributed by atoms with van der Waals surface area (Å²) in [6.45, 7) is 11.5. The summed E-state index contributed by atoms with van der Waals surface area (Å²) in [4.78, 5) is 2.32. The fraction of sp³-hybridized carbons (Fsp3) is 0.692. The normalized spacial score (nSPS) is 29.5. The van der Waals surface area contributed by atoms with Gasteiger partial charge in [-0.25, -0.2) is 0 Å². The molecule has 15 heavy (non-hydrogen) atoms. The standard InChI is InChI=1S/C13H22N.Li/c1-9-8-13(5,11(3)10(9)2)12(4)14(6)7;/h12H,1-7H3;. The minimum absolute atomic E-state index is 0.220. The van der Waals surface area contributed by atoms with E-state index in [4.69, 9.17) is 0 Å². The van der Waals surface area contributed by atoms with Gasteiger partial charge in [0, 0.05) is 0 Å². The average Bonchev–Trinajstić information content (AvgIpc) is 2.34. The van der Waals surface area contributed by atoms with E-state index in [9.17, 15) is 0 Å². The molecule has 0 aromatic rings. The van der Waals surface area contributed by atoms with Crippen LogP contribution in [0.15, 0.2) is 21.0 Å². The van der Waals surface area contributed by atoms with Crippen molar-refractivity contribution in [2.45, 2.75) is 40.7 Å². The van der Waals surface area contributed by atoms with E-state index < -0.39 is 0 Å². The Labute approximate surface area is 104 Å². The molecule has 1 nitrogen and oxygen atoms in total. The second-order valence-corrected chi connectivity index (χ2v) is 5.34. The second kappa shape index (κ2) is 4.13. The Hall–Kier alpha value is 0.0374.